The predicted octanol–water partition coefficient (Wildman–Crippen LogP) is 6.84. The summed E-state index contributed by atoms with van der Waals surface area (Å²) < 4.78 is 5.87. The summed E-state index contributed by atoms with van der Waals surface area (Å²) in [6, 6.07) is 24.9. The maximum Gasteiger partial charge on any atom is 0.250 e. The Morgan fingerprint density at radius 3 is 2.15 bits per heavy atom. The molecule has 1 heterocycles. The van der Waals surface area contributed by atoms with Crippen LogP contribution >= 0.6 is 0 Å². The second-order valence-electron chi connectivity index (χ2n) is 11.6. The molecule has 1 aliphatic rings. The minimum Gasteiger partial charge on any atom is -0.489 e. The standard InChI is InChI=1S/C20H22N4O.C16H22N2O.C2H4O/c1-14-5-4-6-16(11-14)12-25-18-9-7-17(8-10-18)24(3)19-15(2)22-13-23-20(19)21;1-13-6-4-7-15(12-13)18(3)16(19)8-5-11-17(2)14-9-10-14;1-2-3/h4-11,13H,12H2,1-3H3,(H2,21,22,23);4-8,12,14H,9-11H2,1-3H3;2H,1H3/b;8-5+;. The van der Waals surface area contributed by atoms with E-state index in [-0.39, 0.29) is 5.91 Å². The molecule has 1 saturated carbocycles. The number of carbonyl (C=O) groups excluding carboxylic acids is 2. The molecule has 4 aromatic rings. The highest BCUT2D eigenvalue weighted by Crippen LogP contribution is 2.31. The first-order chi connectivity index (χ1) is 22.5. The highest BCUT2D eigenvalue weighted by atomic mass is 16.5. The minimum absolute atomic E-state index is 0.0230. The van der Waals surface area contributed by atoms with Crippen molar-refractivity contribution in [3.8, 4) is 5.75 Å². The molecule has 2 N–H and O–H groups in total. The lowest BCUT2D eigenvalue weighted by atomic mass is 10.1. The van der Waals surface area contributed by atoms with Crippen LogP contribution in [0.4, 0.5) is 22.9 Å². The number of aromatic nitrogens is 2. The molecule has 5 rings (SSSR count). The molecule has 0 aliphatic heterocycles. The number of likely N-dealkylation sites (N-methyl/N-ethyl adjacent to an activating group) is 2. The molecule has 3 aromatic carbocycles. The maximum absolute atomic E-state index is 12.0. The van der Waals surface area contributed by atoms with Gasteiger partial charge in [0.05, 0.1) is 5.69 Å². The lowest BCUT2D eigenvalue weighted by Gasteiger charge is -2.22. The molecular formula is C38H48N6O3. The van der Waals surface area contributed by atoms with Crippen LogP contribution in [-0.4, -0.2) is 60.8 Å². The molecule has 1 fully saturated rings. The fourth-order valence-corrected chi connectivity index (χ4v) is 4.82. The van der Waals surface area contributed by atoms with Crippen LogP contribution in [0.25, 0.3) is 0 Å². The molecule has 0 bridgehead atoms. The molecule has 9 nitrogen and oxygen atoms in total. The van der Waals surface area contributed by atoms with Crippen molar-refractivity contribution in [3.05, 3.63) is 114 Å². The summed E-state index contributed by atoms with van der Waals surface area (Å²) in [5.74, 6) is 1.32. The Labute approximate surface area is 279 Å². The Hall–Kier alpha value is -5.02. The van der Waals surface area contributed by atoms with Gasteiger partial charge in [-0.3, -0.25) is 9.69 Å². The third-order valence-corrected chi connectivity index (χ3v) is 7.62. The van der Waals surface area contributed by atoms with Gasteiger partial charge < -0.3 is 25.1 Å². The van der Waals surface area contributed by atoms with Gasteiger partial charge in [-0.25, -0.2) is 9.97 Å². The zero-order chi connectivity index (χ0) is 34.3. The summed E-state index contributed by atoms with van der Waals surface area (Å²) in [4.78, 5) is 35.1. The van der Waals surface area contributed by atoms with Crippen LogP contribution in [0.1, 0.15) is 42.1 Å². The van der Waals surface area contributed by atoms with Crippen molar-refractivity contribution >= 4 is 35.1 Å². The molecule has 0 unspecified atom stereocenters. The van der Waals surface area contributed by atoms with Crippen LogP contribution in [0, 0.1) is 20.8 Å². The van der Waals surface area contributed by atoms with E-state index < -0.39 is 0 Å². The highest BCUT2D eigenvalue weighted by Gasteiger charge is 2.25. The molecule has 248 valence electrons. The normalized spacial score (nSPS) is 12.0. The zero-order valence-corrected chi connectivity index (χ0v) is 28.7. The first-order valence-corrected chi connectivity index (χ1v) is 15.7. The summed E-state index contributed by atoms with van der Waals surface area (Å²) in [6.07, 6.45) is 8.43. The third-order valence-electron chi connectivity index (χ3n) is 7.62. The molecule has 9 heteroatoms. The molecule has 0 spiro atoms. The van der Waals surface area contributed by atoms with E-state index in [1.165, 1.54) is 31.7 Å². The van der Waals surface area contributed by atoms with Crippen molar-refractivity contribution in [2.75, 3.05) is 43.2 Å². The molecule has 0 saturated heterocycles. The first kappa shape index (κ1) is 36.4. The average molecular weight is 637 g/mol. The largest absolute Gasteiger partial charge is 0.489 e. The van der Waals surface area contributed by atoms with Gasteiger partial charge in [0.15, 0.2) is 5.82 Å². The van der Waals surface area contributed by atoms with E-state index in [1.807, 2.05) is 93.5 Å². The number of anilines is 4. The fourth-order valence-electron chi connectivity index (χ4n) is 4.82. The number of amides is 1. The van der Waals surface area contributed by atoms with Crippen molar-refractivity contribution < 1.29 is 14.3 Å². The summed E-state index contributed by atoms with van der Waals surface area (Å²) in [6.45, 7) is 8.87. The zero-order valence-electron chi connectivity index (χ0n) is 28.7. The van der Waals surface area contributed by atoms with Gasteiger partial charge in [-0.15, -0.1) is 0 Å². The Morgan fingerprint density at radius 1 is 0.915 bits per heavy atom. The summed E-state index contributed by atoms with van der Waals surface area (Å²) in [5.41, 5.74) is 13.1. The second-order valence-corrected chi connectivity index (χ2v) is 11.6. The summed E-state index contributed by atoms with van der Waals surface area (Å²) >= 11 is 0. The van der Waals surface area contributed by atoms with Gasteiger partial charge in [0.25, 0.3) is 0 Å². The monoisotopic (exact) mass is 636 g/mol. The number of benzene rings is 3. The van der Waals surface area contributed by atoms with Crippen LogP contribution in [0.3, 0.4) is 0 Å². The minimum atomic E-state index is 0.0230. The number of hydrogen-bond donors (Lipinski definition) is 1. The Kier molecular flexibility index (Phi) is 14.1. The Balaban J connectivity index is 0.000000243. The van der Waals surface area contributed by atoms with Gasteiger partial charge >= 0.3 is 0 Å². The molecule has 1 aliphatic carbocycles. The van der Waals surface area contributed by atoms with Gasteiger partial charge in [-0.05, 0) is 95.1 Å². The van der Waals surface area contributed by atoms with Crippen molar-refractivity contribution in [1.82, 2.24) is 14.9 Å². The van der Waals surface area contributed by atoms with Crippen LogP contribution in [0.15, 0.2) is 91.3 Å². The molecular weight excluding hydrogens is 588 g/mol. The molecule has 0 radical (unpaired) electrons. The smallest absolute Gasteiger partial charge is 0.250 e. The van der Waals surface area contributed by atoms with Crippen LogP contribution in [0.2, 0.25) is 0 Å². The first-order valence-electron chi connectivity index (χ1n) is 15.7. The predicted molar refractivity (Wildman–Crippen MR) is 192 cm³/mol. The van der Waals surface area contributed by atoms with Crippen LogP contribution in [-0.2, 0) is 16.2 Å². The number of aldehydes is 1. The second kappa shape index (κ2) is 18.2. The van der Waals surface area contributed by atoms with Crippen molar-refractivity contribution in [2.24, 2.45) is 0 Å². The number of hydrogen-bond acceptors (Lipinski definition) is 8. The van der Waals surface area contributed by atoms with E-state index in [9.17, 15) is 4.79 Å². The van der Waals surface area contributed by atoms with Gasteiger partial charge in [0.1, 0.15) is 30.7 Å². The van der Waals surface area contributed by atoms with Crippen molar-refractivity contribution in [2.45, 2.75) is 53.2 Å². The lowest BCUT2D eigenvalue weighted by molar-refractivity contribution is -0.114. The number of nitrogens with zero attached hydrogens (tertiary/aromatic N) is 5. The van der Waals surface area contributed by atoms with E-state index >= 15 is 0 Å². The van der Waals surface area contributed by atoms with E-state index in [2.05, 4.69) is 47.0 Å². The van der Waals surface area contributed by atoms with Crippen LogP contribution < -0.4 is 20.3 Å². The fraction of sp³-hybridized carbons (Fsp3) is 0.316. The average Bonchev–Trinajstić information content (AvgIpc) is 3.90. The molecule has 47 heavy (non-hydrogen) atoms. The maximum atomic E-state index is 12.0. The third kappa shape index (κ3) is 11.7. The number of carbonyl (C=O) groups is 2. The number of nitrogens with two attached hydrogens (primary N) is 1. The van der Waals surface area contributed by atoms with E-state index in [0.717, 1.165) is 58.5 Å². The number of rotatable bonds is 10. The van der Waals surface area contributed by atoms with Crippen molar-refractivity contribution in [3.63, 3.8) is 0 Å². The summed E-state index contributed by atoms with van der Waals surface area (Å²) in [5, 5.41) is 0. The number of aryl methyl sites for hydroxylation is 3. The topological polar surface area (TPSA) is 105 Å². The Morgan fingerprint density at radius 2 is 1.55 bits per heavy atom. The highest BCUT2D eigenvalue weighted by molar-refractivity contribution is 6.01. The van der Waals surface area contributed by atoms with E-state index in [1.54, 1.807) is 11.0 Å². The Bertz CT molecular complexity index is 1600. The van der Waals surface area contributed by atoms with Crippen LogP contribution in [0.5, 0.6) is 5.75 Å². The van der Waals surface area contributed by atoms with Crippen molar-refractivity contribution in [1.29, 1.82) is 0 Å². The summed E-state index contributed by atoms with van der Waals surface area (Å²) in [7, 11) is 5.87. The quantitative estimate of drug-likeness (QED) is 0.149. The van der Waals surface area contributed by atoms with Gasteiger partial charge in [0, 0.05) is 44.1 Å². The SMILES string of the molecule is CC=O.Cc1cccc(COc2ccc(N(C)c3c(C)ncnc3N)cc2)c1.Cc1cccc(N(C)C(=O)/C=C/CN(C)C2CC2)c1. The van der Waals surface area contributed by atoms with Gasteiger partial charge in [-0.1, -0.05) is 48.0 Å². The van der Waals surface area contributed by atoms with E-state index in [0.29, 0.717) is 12.4 Å². The molecule has 0 atom stereocenters. The number of ether oxygens (including phenoxy) is 1. The molecule has 1 amide bonds. The number of nitrogen functional groups attached to an aromatic ring is 1. The van der Waals surface area contributed by atoms with Gasteiger partial charge in [0.2, 0.25) is 5.91 Å². The van der Waals surface area contributed by atoms with E-state index in [4.69, 9.17) is 15.3 Å². The lowest BCUT2D eigenvalue weighted by Crippen LogP contribution is -2.25. The van der Waals surface area contributed by atoms with Gasteiger partial charge in [-0.2, -0.15) is 0 Å². The molecule has 1 aromatic heterocycles.